The standard InChI is InChI=1S/C18H15N5O2S2/c1-19-16(25)20-15(24)14(11-7-3-2-4-8-11)27-18-22-21-17-23(18)12-9-5-6-10-13(12)26-17/h2-10,14H,1H3,(H2,19,20,24,25)/t14-/m1/s1. The number of aromatic nitrogens is 3. The number of urea groups is 1. The molecule has 0 aliphatic heterocycles. The molecule has 0 bridgehead atoms. The highest BCUT2D eigenvalue weighted by Gasteiger charge is 2.26. The first-order valence-corrected chi connectivity index (χ1v) is 9.84. The molecule has 0 aliphatic rings. The third kappa shape index (κ3) is 3.38. The van der Waals surface area contributed by atoms with E-state index in [0.717, 1.165) is 20.7 Å². The van der Waals surface area contributed by atoms with E-state index in [1.165, 1.54) is 30.1 Å². The topological polar surface area (TPSA) is 88.4 Å². The Bertz CT molecular complexity index is 1120. The number of thiazole rings is 1. The highest BCUT2D eigenvalue weighted by Crippen LogP contribution is 2.37. The molecule has 2 aromatic heterocycles. The van der Waals surface area contributed by atoms with Crippen LogP contribution in [-0.4, -0.2) is 33.6 Å². The number of fused-ring (bicyclic) bond motifs is 3. The number of benzene rings is 2. The Labute approximate surface area is 162 Å². The molecule has 0 saturated carbocycles. The summed E-state index contributed by atoms with van der Waals surface area (Å²) in [5.74, 6) is -0.415. The second kappa shape index (κ2) is 7.37. The summed E-state index contributed by atoms with van der Waals surface area (Å²) in [5, 5.41) is 13.2. The monoisotopic (exact) mass is 397 g/mol. The van der Waals surface area contributed by atoms with Crippen LogP contribution in [0.5, 0.6) is 0 Å². The molecule has 2 N–H and O–H groups in total. The fraction of sp³-hybridized carbons (Fsp3) is 0.111. The van der Waals surface area contributed by atoms with Gasteiger partial charge in [-0.3, -0.25) is 14.5 Å². The van der Waals surface area contributed by atoms with E-state index in [-0.39, 0.29) is 0 Å². The van der Waals surface area contributed by atoms with Gasteiger partial charge in [-0.05, 0) is 17.7 Å². The third-order valence-corrected chi connectivity index (χ3v) is 6.15. The molecule has 136 valence electrons. The van der Waals surface area contributed by atoms with Crippen molar-refractivity contribution < 1.29 is 9.59 Å². The van der Waals surface area contributed by atoms with Crippen LogP contribution in [0.25, 0.3) is 15.2 Å². The van der Waals surface area contributed by atoms with Gasteiger partial charge in [0, 0.05) is 7.05 Å². The maximum atomic E-state index is 12.7. The summed E-state index contributed by atoms with van der Waals surface area (Å²) in [6.07, 6.45) is 0. The summed E-state index contributed by atoms with van der Waals surface area (Å²) in [7, 11) is 1.47. The van der Waals surface area contributed by atoms with Crippen LogP contribution in [0.4, 0.5) is 4.79 Å². The normalized spacial score (nSPS) is 12.2. The molecular formula is C18H15N5O2S2. The van der Waals surface area contributed by atoms with Crippen molar-refractivity contribution in [2.75, 3.05) is 7.05 Å². The van der Waals surface area contributed by atoms with Crippen LogP contribution in [0.1, 0.15) is 10.8 Å². The minimum Gasteiger partial charge on any atom is -0.341 e. The maximum Gasteiger partial charge on any atom is 0.321 e. The zero-order valence-electron chi connectivity index (χ0n) is 14.2. The van der Waals surface area contributed by atoms with Gasteiger partial charge in [0.25, 0.3) is 0 Å². The molecule has 4 rings (SSSR count). The van der Waals surface area contributed by atoms with Crippen LogP contribution in [0.2, 0.25) is 0 Å². The lowest BCUT2D eigenvalue weighted by Crippen LogP contribution is -2.39. The average molecular weight is 397 g/mol. The van der Waals surface area contributed by atoms with Crippen LogP contribution < -0.4 is 10.6 Å². The molecule has 2 aromatic carbocycles. The lowest BCUT2D eigenvalue weighted by Gasteiger charge is -2.15. The second-order valence-corrected chi connectivity index (χ2v) is 7.73. The van der Waals surface area contributed by atoms with E-state index in [0.29, 0.717) is 5.16 Å². The van der Waals surface area contributed by atoms with Crippen molar-refractivity contribution in [3.05, 3.63) is 60.2 Å². The number of amides is 3. The van der Waals surface area contributed by atoms with Gasteiger partial charge in [0.05, 0.1) is 10.2 Å². The summed E-state index contributed by atoms with van der Waals surface area (Å²) >= 11 is 2.80. The van der Waals surface area contributed by atoms with Crippen molar-refractivity contribution in [2.24, 2.45) is 0 Å². The molecule has 0 fully saturated rings. The molecule has 0 radical (unpaired) electrons. The van der Waals surface area contributed by atoms with E-state index in [1.54, 1.807) is 0 Å². The molecule has 1 atom stereocenters. The van der Waals surface area contributed by atoms with Crippen molar-refractivity contribution >= 4 is 50.2 Å². The van der Waals surface area contributed by atoms with Crippen LogP contribution >= 0.6 is 23.1 Å². The molecular weight excluding hydrogens is 382 g/mol. The van der Waals surface area contributed by atoms with E-state index in [1.807, 2.05) is 59.0 Å². The van der Waals surface area contributed by atoms with Gasteiger partial charge in [-0.2, -0.15) is 0 Å². The zero-order chi connectivity index (χ0) is 18.8. The SMILES string of the molecule is CNC(=O)NC(=O)[C@H](Sc1nnc2sc3ccccc3n12)c1ccccc1. The summed E-state index contributed by atoms with van der Waals surface area (Å²) in [5.41, 5.74) is 1.77. The molecule has 0 saturated heterocycles. The number of rotatable bonds is 4. The highest BCUT2D eigenvalue weighted by molar-refractivity contribution is 8.00. The lowest BCUT2D eigenvalue weighted by molar-refractivity contribution is -0.119. The summed E-state index contributed by atoms with van der Waals surface area (Å²) in [6.45, 7) is 0. The second-order valence-electron chi connectivity index (χ2n) is 5.65. The molecule has 0 aliphatic carbocycles. The van der Waals surface area contributed by atoms with Crippen LogP contribution in [0.15, 0.2) is 59.8 Å². The first-order chi connectivity index (χ1) is 13.2. The number of imide groups is 1. The van der Waals surface area contributed by atoms with Crippen LogP contribution in [-0.2, 0) is 4.79 Å². The van der Waals surface area contributed by atoms with Crippen molar-refractivity contribution in [3.63, 3.8) is 0 Å². The largest absolute Gasteiger partial charge is 0.341 e. The molecule has 9 heteroatoms. The highest BCUT2D eigenvalue weighted by atomic mass is 32.2. The average Bonchev–Trinajstić information content (AvgIpc) is 3.26. The van der Waals surface area contributed by atoms with Crippen molar-refractivity contribution in [3.8, 4) is 0 Å². The van der Waals surface area contributed by atoms with Crippen molar-refractivity contribution in [1.29, 1.82) is 0 Å². The Balaban J connectivity index is 1.74. The molecule has 27 heavy (non-hydrogen) atoms. The Morgan fingerprint density at radius 3 is 2.59 bits per heavy atom. The zero-order valence-corrected chi connectivity index (χ0v) is 15.9. The van der Waals surface area contributed by atoms with E-state index in [9.17, 15) is 9.59 Å². The van der Waals surface area contributed by atoms with Crippen molar-refractivity contribution in [1.82, 2.24) is 25.2 Å². The maximum absolute atomic E-state index is 12.7. The Kier molecular flexibility index (Phi) is 4.78. The quantitative estimate of drug-likeness (QED) is 0.516. The molecule has 0 spiro atoms. The Morgan fingerprint density at radius 2 is 1.81 bits per heavy atom. The molecule has 2 heterocycles. The number of hydrogen-bond acceptors (Lipinski definition) is 6. The van der Waals surface area contributed by atoms with Gasteiger partial charge in [0.1, 0.15) is 5.25 Å². The van der Waals surface area contributed by atoms with Gasteiger partial charge < -0.3 is 5.32 Å². The Morgan fingerprint density at radius 1 is 1.07 bits per heavy atom. The number of nitrogens with zero attached hydrogens (tertiary/aromatic N) is 3. The molecule has 3 amide bonds. The fourth-order valence-electron chi connectivity index (χ4n) is 2.68. The van der Waals surface area contributed by atoms with Gasteiger partial charge >= 0.3 is 6.03 Å². The van der Waals surface area contributed by atoms with E-state index in [2.05, 4.69) is 20.8 Å². The van der Waals surface area contributed by atoms with E-state index in [4.69, 9.17) is 0 Å². The number of para-hydroxylation sites is 1. The fourth-order valence-corrected chi connectivity index (χ4v) is 4.75. The predicted octanol–water partition coefficient (Wildman–Crippen LogP) is 3.23. The lowest BCUT2D eigenvalue weighted by atomic mass is 10.1. The van der Waals surface area contributed by atoms with Gasteiger partial charge in [-0.25, -0.2) is 4.79 Å². The van der Waals surface area contributed by atoms with Gasteiger partial charge in [-0.1, -0.05) is 65.6 Å². The minimum atomic E-state index is -0.644. The minimum absolute atomic E-state index is 0.415. The summed E-state index contributed by atoms with van der Waals surface area (Å²) in [6, 6.07) is 16.7. The number of hydrogen-bond donors (Lipinski definition) is 2. The van der Waals surface area contributed by atoms with Gasteiger partial charge in [0.2, 0.25) is 10.9 Å². The first kappa shape index (κ1) is 17.5. The summed E-state index contributed by atoms with van der Waals surface area (Å²) < 4.78 is 3.03. The number of thioether (sulfide) groups is 1. The predicted molar refractivity (Wildman–Crippen MR) is 106 cm³/mol. The van der Waals surface area contributed by atoms with Crippen molar-refractivity contribution in [2.45, 2.75) is 10.4 Å². The van der Waals surface area contributed by atoms with Crippen LogP contribution in [0.3, 0.4) is 0 Å². The first-order valence-electron chi connectivity index (χ1n) is 8.14. The van der Waals surface area contributed by atoms with Gasteiger partial charge in [0.15, 0.2) is 5.16 Å². The summed E-state index contributed by atoms with van der Waals surface area (Å²) in [4.78, 5) is 25.1. The number of nitrogens with one attached hydrogen (secondary N) is 2. The molecule has 7 nitrogen and oxygen atoms in total. The Hall–Kier alpha value is -2.91. The van der Waals surface area contributed by atoms with E-state index < -0.39 is 17.2 Å². The number of carbonyl (C=O) groups is 2. The molecule has 4 aromatic rings. The smallest absolute Gasteiger partial charge is 0.321 e. The molecule has 0 unspecified atom stereocenters. The van der Waals surface area contributed by atoms with Crippen LogP contribution in [0, 0.1) is 0 Å². The number of carbonyl (C=O) groups excluding carboxylic acids is 2. The van der Waals surface area contributed by atoms with E-state index >= 15 is 0 Å². The third-order valence-electron chi connectivity index (χ3n) is 3.94. The van der Waals surface area contributed by atoms with Gasteiger partial charge in [-0.15, -0.1) is 10.2 Å².